The number of hydrogen-bond donors (Lipinski definition) is 1. The molecule has 4 nitrogen and oxygen atoms in total. The molecule has 98 valence electrons. The van der Waals surface area contributed by atoms with Gasteiger partial charge in [-0.25, -0.2) is 12.7 Å². The Kier molecular flexibility index (Phi) is 3.56. The van der Waals surface area contributed by atoms with Gasteiger partial charge in [-0.3, -0.25) is 0 Å². The van der Waals surface area contributed by atoms with Gasteiger partial charge in [-0.2, -0.15) is 0 Å². The summed E-state index contributed by atoms with van der Waals surface area (Å²) in [5, 5.41) is 10.3. The van der Waals surface area contributed by atoms with E-state index in [1.54, 1.807) is 12.2 Å². The van der Waals surface area contributed by atoms with E-state index < -0.39 is 16.1 Å². The van der Waals surface area contributed by atoms with Crippen molar-refractivity contribution in [2.45, 2.75) is 18.9 Å². The zero-order valence-electron chi connectivity index (χ0n) is 10.5. The molecule has 0 amide bonds. The van der Waals surface area contributed by atoms with E-state index in [1.165, 1.54) is 18.4 Å². The molecule has 18 heavy (non-hydrogen) atoms. The molecule has 0 fully saturated rings. The van der Waals surface area contributed by atoms with Gasteiger partial charge in [0, 0.05) is 26.1 Å². The first-order valence-corrected chi connectivity index (χ1v) is 7.25. The predicted octanol–water partition coefficient (Wildman–Crippen LogP) is 1.34. The van der Waals surface area contributed by atoms with Crippen molar-refractivity contribution < 1.29 is 13.5 Å². The Balaban J connectivity index is 2.40. The van der Waals surface area contributed by atoms with Crippen LogP contribution in [0.15, 0.2) is 46.4 Å². The first-order chi connectivity index (χ1) is 8.44. The lowest BCUT2D eigenvalue weighted by Crippen LogP contribution is -2.25. The lowest BCUT2D eigenvalue weighted by atomic mass is 10.0. The largest absolute Gasteiger partial charge is 0.384 e. The topological polar surface area (TPSA) is 57.6 Å². The molecule has 0 aliphatic heterocycles. The third-order valence-electron chi connectivity index (χ3n) is 3.12. The van der Waals surface area contributed by atoms with Gasteiger partial charge in [-0.1, -0.05) is 30.4 Å². The van der Waals surface area contributed by atoms with Gasteiger partial charge in [0.05, 0.1) is 4.91 Å². The smallest absolute Gasteiger partial charge is 0.239 e. The summed E-state index contributed by atoms with van der Waals surface area (Å²) in [6.45, 7) is 0. The van der Waals surface area contributed by atoms with Crippen molar-refractivity contribution in [1.82, 2.24) is 4.31 Å². The Morgan fingerprint density at radius 3 is 2.56 bits per heavy atom. The first-order valence-electron chi connectivity index (χ1n) is 5.81. The quantitative estimate of drug-likeness (QED) is 0.836. The van der Waals surface area contributed by atoms with E-state index in [4.69, 9.17) is 0 Å². The molecule has 0 saturated heterocycles. The maximum Gasteiger partial charge on any atom is 0.239 e. The number of aliphatic hydroxyl groups is 1. The number of allylic oxidation sites excluding steroid dienone is 4. The molecule has 2 aliphatic rings. The van der Waals surface area contributed by atoms with Gasteiger partial charge in [-0.05, 0) is 12.0 Å². The van der Waals surface area contributed by atoms with E-state index in [0.717, 1.165) is 12.0 Å². The van der Waals surface area contributed by atoms with Crippen molar-refractivity contribution in [3.63, 3.8) is 0 Å². The Morgan fingerprint density at radius 2 is 2.00 bits per heavy atom. The van der Waals surface area contributed by atoms with Crippen molar-refractivity contribution in [1.29, 1.82) is 0 Å². The molecule has 0 aromatic heterocycles. The molecular formula is C13H17NO3S. The number of hydrogen-bond acceptors (Lipinski definition) is 3. The summed E-state index contributed by atoms with van der Waals surface area (Å²) < 4.78 is 25.5. The fraction of sp³-hybridized carbons (Fsp3) is 0.385. The fourth-order valence-corrected chi connectivity index (χ4v) is 3.31. The monoisotopic (exact) mass is 267 g/mol. The van der Waals surface area contributed by atoms with Crippen LogP contribution in [-0.4, -0.2) is 38.0 Å². The Bertz CT molecular complexity index is 565. The van der Waals surface area contributed by atoms with Crippen molar-refractivity contribution in [3.8, 4) is 0 Å². The minimum Gasteiger partial charge on any atom is -0.384 e. The standard InChI is InChI=1S/C13H17NO3S/c1-14(2)18(16,17)12-9-5-8-11(12)13(15)10-6-3-4-7-10/h3,5-8,13,15H,4,9H2,1-2H3. The van der Waals surface area contributed by atoms with E-state index >= 15 is 0 Å². The summed E-state index contributed by atoms with van der Waals surface area (Å²) in [6.07, 6.45) is 9.45. The van der Waals surface area contributed by atoms with Gasteiger partial charge in [0.25, 0.3) is 0 Å². The van der Waals surface area contributed by atoms with Crippen LogP contribution in [0.25, 0.3) is 0 Å². The summed E-state index contributed by atoms with van der Waals surface area (Å²) in [7, 11) is -0.462. The van der Waals surface area contributed by atoms with Gasteiger partial charge < -0.3 is 5.11 Å². The lowest BCUT2D eigenvalue weighted by molar-refractivity contribution is 0.254. The molecule has 0 bridgehead atoms. The second kappa shape index (κ2) is 4.84. The summed E-state index contributed by atoms with van der Waals surface area (Å²) in [4.78, 5) is 0.293. The second-order valence-electron chi connectivity index (χ2n) is 4.52. The molecule has 0 spiro atoms. The summed E-state index contributed by atoms with van der Waals surface area (Å²) in [6, 6.07) is 0. The molecule has 1 unspecified atom stereocenters. The first kappa shape index (κ1) is 13.3. The van der Waals surface area contributed by atoms with Crippen LogP contribution in [-0.2, 0) is 10.0 Å². The van der Waals surface area contributed by atoms with E-state index in [0.29, 0.717) is 16.9 Å². The zero-order valence-corrected chi connectivity index (χ0v) is 11.3. The maximum absolute atomic E-state index is 12.1. The number of nitrogens with zero attached hydrogens (tertiary/aromatic N) is 1. The molecule has 5 heteroatoms. The van der Waals surface area contributed by atoms with Gasteiger partial charge in [0.2, 0.25) is 10.0 Å². The SMILES string of the molecule is CN(C)S(=O)(=O)C1=C(C(O)C2=CCC=C2)C=CC1. The highest BCUT2D eigenvalue weighted by Crippen LogP contribution is 2.31. The van der Waals surface area contributed by atoms with Gasteiger partial charge >= 0.3 is 0 Å². The van der Waals surface area contributed by atoms with Crippen LogP contribution >= 0.6 is 0 Å². The second-order valence-corrected chi connectivity index (χ2v) is 6.69. The lowest BCUT2D eigenvalue weighted by Gasteiger charge is -2.17. The third-order valence-corrected chi connectivity index (χ3v) is 5.11. The highest BCUT2D eigenvalue weighted by atomic mass is 32.2. The highest BCUT2D eigenvalue weighted by Gasteiger charge is 2.29. The molecule has 0 aromatic rings. The zero-order chi connectivity index (χ0) is 13.3. The minimum absolute atomic E-state index is 0.293. The molecule has 0 saturated carbocycles. The molecule has 2 rings (SSSR count). The van der Waals surface area contributed by atoms with E-state index in [9.17, 15) is 13.5 Å². The molecular weight excluding hydrogens is 250 g/mol. The molecule has 0 radical (unpaired) electrons. The average Bonchev–Trinajstić information content (AvgIpc) is 2.99. The Morgan fingerprint density at radius 1 is 1.28 bits per heavy atom. The van der Waals surface area contributed by atoms with Crippen LogP contribution < -0.4 is 0 Å². The van der Waals surface area contributed by atoms with E-state index in [2.05, 4.69) is 0 Å². The van der Waals surface area contributed by atoms with Crippen LogP contribution in [0, 0.1) is 0 Å². The van der Waals surface area contributed by atoms with Crippen molar-refractivity contribution in [3.05, 3.63) is 46.4 Å². The van der Waals surface area contributed by atoms with Crippen molar-refractivity contribution in [2.75, 3.05) is 14.1 Å². The summed E-state index contributed by atoms with van der Waals surface area (Å²) in [5.41, 5.74) is 1.25. The summed E-state index contributed by atoms with van der Waals surface area (Å²) in [5.74, 6) is 0. The van der Waals surface area contributed by atoms with Crippen LogP contribution in [0.1, 0.15) is 12.8 Å². The van der Waals surface area contributed by atoms with Gasteiger partial charge in [0.15, 0.2) is 0 Å². The molecule has 0 heterocycles. The molecule has 0 aromatic carbocycles. The van der Waals surface area contributed by atoms with Crippen LogP contribution in [0.4, 0.5) is 0 Å². The third kappa shape index (κ3) is 2.21. The number of sulfonamides is 1. The van der Waals surface area contributed by atoms with Crippen LogP contribution in [0.5, 0.6) is 0 Å². The van der Waals surface area contributed by atoms with Crippen LogP contribution in [0.2, 0.25) is 0 Å². The summed E-state index contributed by atoms with van der Waals surface area (Å²) >= 11 is 0. The molecule has 1 N–H and O–H groups in total. The minimum atomic E-state index is -3.46. The molecule has 1 atom stereocenters. The maximum atomic E-state index is 12.1. The van der Waals surface area contributed by atoms with E-state index in [1.807, 2.05) is 18.2 Å². The Labute approximate surface area is 108 Å². The predicted molar refractivity (Wildman–Crippen MR) is 71.2 cm³/mol. The highest BCUT2D eigenvalue weighted by molar-refractivity contribution is 7.93. The van der Waals surface area contributed by atoms with Gasteiger partial charge in [0.1, 0.15) is 6.10 Å². The average molecular weight is 267 g/mol. The van der Waals surface area contributed by atoms with Crippen molar-refractivity contribution >= 4 is 10.0 Å². The normalized spacial score (nSPS) is 21.0. The Hall–Kier alpha value is -1.17. The molecule has 2 aliphatic carbocycles. The number of rotatable bonds is 4. The van der Waals surface area contributed by atoms with Crippen molar-refractivity contribution in [2.24, 2.45) is 0 Å². The van der Waals surface area contributed by atoms with E-state index in [-0.39, 0.29) is 0 Å². The number of aliphatic hydroxyl groups excluding tert-OH is 1. The fourth-order valence-electron chi connectivity index (χ4n) is 2.08. The van der Waals surface area contributed by atoms with Gasteiger partial charge in [-0.15, -0.1) is 0 Å². The van der Waals surface area contributed by atoms with Crippen LogP contribution in [0.3, 0.4) is 0 Å².